The highest BCUT2D eigenvalue weighted by molar-refractivity contribution is 5.92. The summed E-state index contributed by atoms with van der Waals surface area (Å²) >= 11 is 0. The second-order valence-corrected chi connectivity index (χ2v) is 3.53. The number of aromatic nitrogens is 1. The molecule has 0 saturated heterocycles. The van der Waals surface area contributed by atoms with E-state index in [1.807, 2.05) is 24.3 Å². The fourth-order valence-corrected chi connectivity index (χ4v) is 1.73. The molecule has 2 aromatic rings. The molecule has 1 aromatic heterocycles. The van der Waals surface area contributed by atoms with E-state index in [1.165, 1.54) is 0 Å². The van der Waals surface area contributed by atoms with Crippen LogP contribution in [0, 0.1) is 0 Å². The van der Waals surface area contributed by atoms with E-state index in [1.54, 1.807) is 6.20 Å². The summed E-state index contributed by atoms with van der Waals surface area (Å²) in [5.41, 5.74) is 8.54. The van der Waals surface area contributed by atoms with Gasteiger partial charge in [-0.15, -0.1) is 0 Å². The predicted molar refractivity (Wildman–Crippen MR) is 65.2 cm³/mol. The molecule has 4 nitrogen and oxygen atoms in total. The first-order chi connectivity index (χ1) is 7.86. The molecule has 0 aliphatic heterocycles. The van der Waals surface area contributed by atoms with Crippen LogP contribution in [0.5, 0.6) is 0 Å². The van der Waals surface area contributed by atoms with Gasteiger partial charge in [0.25, 0.3) is 0 Å². The van der Waals surface area contributed by atoms with Crippen LogP contribution < -0.4 is 11.1 Å². The van der Waals surface area contributed by atoms with Crippen molar-refractivity contribution >= 4 is 16.6 Å². The maximum atomic E-state index is 8.85. The third kappa shape index (κ3) is 1.98. The van der Waals surface area contributed by atoms with Gasteiger partial charge in [-0.3, -0.25) is 4.98 Å². The molecule has 0 saturated carbocycles. The largest absolute Gasteiger partial charge is 0.395 e. The molecule has 84 valence electrons. The summed E-state index contributed by atoms with van der Waals surface area (Å²) in [6, 6.07) is 7.88. The zero-order valence-electron chi connectivity index (χ0n) is 8.98. The van der Waals surface area contributed by atoms with Gasteiger partial charge < -0.3 is 16.2 Å². The minimum Gasteiger partial charge on any atom is -0.395 e. The van der Waals surface area contributed by atoms with Gasteiger partial charge in [-0.1, -0.05) is 18.2 Å². The number of hydrogen-bond acceptors (Lipinski definition) is 4. The van der Waals surface area contributed by atoms with Crippen LogP contribution in [-0.4, -0.2) is 23.2 Å². The lowest BCUT2D eigenvalue weighted by atomic mass is 10.1. The number of hydrogen-bond donors (Lipinski definition) is 3. The Morgan fingerprint density at radius 3 is 2.88 bits per heavy atom. The van der Waals surface area contributed by atoms with Crippen molar-refractivity contribution in [3.05, 3.63) is 36.0 Å². The molecular weight excluding hydrogens is 202 g/mol. The topological polar surface area (TPSA) is 71.2 Å². The van der Waals surface area contributed by atoms with Gasteiger partial charge in [0.2, 0.25) is 0 Å². The fourth-order valence-electron chi connectivity index (χ4n) is 1.73. The molecule has 0 unspecified atom stereocenters. The van der Waals surface area contributed by atoms with Crippen molar-refractivity contribution in [3.63, 3.8) is 0 Å². The van der Waals surface area contributed by atoms with Crippen LogP contribution in [-0.2, 0) is 6.54 Å². The first kappa shape index (κ1) is 10.9. The van der Waals surface area contributed by atoms with Crippen molar-refractivity contribution in [2.24, 2.45) is 5.73 Å². The Kier molecular flexibility index (Phi) is 3.34. The van der Waals surface area contributed by atoms with Crippen LogP contribution in [0.25, 0.3) is 10.9 Å². The zero-order valence-corrected chi connectivity index (χ0v) is 8.98. The quantitative estimate of drug-likeness (QED) is 0.717. The summed E-state index contributed by atoms with van der Waals surface area (Å²) in [7, 11) is 0. The third-order valence-electron chi connectivity index (χ3n) is 2.49. The van der Waals surface area contributed by atoms with E-state index in [0.29, 0.717) is 13.1 Å². The summed E-state index contributed by atoms with van der Waals surface area (Å²) in [6.07, 6.45) is 1.78. The lowest BCUT2D eigenvalue weighted by Crippen LogP contribution is -2.10. The normalized spacial score (nSPS) is 10.6. The standard InChI is InChI=1S/C12H15N3O/c13-7-9-8-15-11-4-2-1-3-10(11)12(9)14-5-6-16/h1-4,8,16H,5-7,13H2,(H,14,15). The summed E-state index contributed by atoms with van der Waals surface area (Å²) in [6.45, 7) is 1.05. The number of nitrogens with two attached hydrogens (primary N) is 1. The first-order valence-electron chi connectivity index (χ1n) is 5.28. The second-order valence-electron chi connectivity index (χ2n) is 3.53. The molecule has 4 heteroatoms. The molecule has 0 radical (unpaired) electrons. The maximum absolute atomic E-state index is 8.85. The minimum atomic E-state index is 0.0979. The van der Waals surface area contributed by atoms with Crippen LogP contribution in [0.15, 0.2) is 30.5 Å². The highest BCUT2D eigenvalue weighted by Crippen LogP contribution is 2.25. The highest BCUT2D eigenvalue weighted by Gasteiger charge is 2.06. The van der Waals surface area contributed by atoms with Crippen molar-refractivity contribution in [2.45, 2.75) is 6.54 Å². The van der Waals surface area contributed by atoms with E-state index in [4.69, 9.17) is 10.8 Å². The van der Waals surface area contributed by atoms with E-state index < -0.39 is 0 Å². The van der Waals surface area contributed by atoms with Crippen molar-refractivity contribution in [2.75, 3.05) is 18.5 Å². The number of fused-ring (bicyclic) bond motifs is 1. The molecule has 16 heavy (non-hydrogen) atoms. The molecule has 1 heterocycles. The lowest BCUT2D eigenvalue weighted by molar-refractivity contribution is 0.311. The number of para-hydroxylation sites is 1. The van der Waals surface area contributed by atoms with Crippen LogP contribution in [0.1, 0.15) is 5.56 Å². The van der Waals surface area contributed by atoms with Crippen molar-refractivity contribution in [1.29, 1.82) is 0 Å². The number of aliphatic hydroxyl groups excluding tert-OH is 1. The SMILES string of the molecule is NCc1cnc2ccccc2c1NCCO. The van der Waals surface area contributed by atoms with Gasteiger partial charge in [-0.05, 0) is 6.07 Å². The molecule has 0 atom stereocenters. The second kappa shape index (κ2) is 4.92. The van der Waals surface area contributed by atoms with Crippen molar-refractivity contribution in [1.82, 2.24) is 4.98 Å². The average molecular weight is 217 g/mol. The molecule has 0 aliphatic carbocycles. The molecule has 0 amide bonds. The smallest absolute Gasteiger partial charge is 0.0722 e. The van der Waals surface area contributed by atoms with Crippen molar-refractivity contribution < 1.29 is 5.11 Å². The van der Waals surface area contributed by atoms with Gasteiger partial charge in [0.15, 0.2) is 0 Å². The number of nitrogens with zero attached hydrogens (tertiary/aromatic N) is 1. The van der Waals surface area contributed by atoms with Crippen LogP contribution >= 0.6 is 0 Å². The number of anilines is 1. The summed E-state index contributed by atoms with van der Waals surface area (Å²) < 4.78 is 0. The van der Waals surface area contributed by atoms with Gasteiger partial charge in [-0.2, -0.15) is 0 Å². The number of aliphatic hydroxyl groups is 1. The summed E-state index contributed by atoms with van der Waals surface area (Å²) in [4.78, 5) is 4.34. The molecule has 2 rings (SSSR count). The molecule has 0 aliphatic rings. The van der Waals surface area contributed by atoms with E-state index in [0.717, 1.165) is 22.2 Å². The third-order valence-corrected chi connectivity index (χ3v) is 2.49. The first-order valence-corrected chi connectivity index (χ1v) is 5.28. The Labute approximate surface area is 94.1 Å². The molecule has 0 bridgehead atoms. The number of pyridine rings is 1. The Balaban J connectivity index is 2.54. The van der Waals surface area contributed by atoms with Gasteiger partial charge in [0.1, 0.15) is 0 Å². The monoisotopic (exact) mass is 217 g/mol. The highest BCUT2D eigenvalue weighted by atomic mass is 16.3. The Bertz CT molecular complexity index is 485. The number of nitrogens with one attached hydrogen (secondary N) is 1. The Hall–Kier alpha value is -1.65. The Morgan fingerprint density at radius 2 is 2.12 bits per heavy atom. The van der Waals surface area contributed by atoms with Crippen molar-refractivity contribution in [3.8, 4) is 0 Å². The summed E-state index contributed by atoms with van der Waals surface area (Å²) in [5.74, 6) is 0. The molecule has 0 fully saturated rings. The lowest BCUT2D eigenvalue weighted by Gasteiger charge is -2.12. The molecule has 0 spiro atoms. The maximum Gasteiger partial charge on any atom is 0.0722 e. The summed E-state index contributed by atoms with van der Waals surface area (Å²) in [5, 5.41) is 13.1. The fraction of sp³-hybridized carbons (Fsp3) is 0.250. The van der Waals surface area contributed by atoms with E-state index in [-0.39, 0.29) is 6.61 Å². The van der Waals surface area contributed by atoms with Gasteiger partial charge in [0.05, 0.1) is 12.1 Å². The van der Waals surface area contributed by atoms with Gasteiger partial charge in [0, 0.05) is 35.9 Å². The predicted octanol–water partition coefficient (Wildman–Crippen LogP) is 1.10. The molecular formula is C12H15N3O. The van der Waals surface area contributed by atoms with E-state index >= 15 is 0 Å². The Morgan fingerprint density at radius 1 is 1.31 bits per heavy atom. The number of benzene rings is 1. The van der Waals surface area contributed by atoms with E-state index in [9.17, 15) is 0 Å². The zero-order chi connectivity index (χ0) is 11.4. The average Bonchev–Trinajstić information content (AvgIpc) is 2.35. The molecule has 1 aromatic carbocycles. The van der Waals surface area contributed by atoms with Crippen LogP contribution in [0.2, 0.25) is 0 Å². The van der Waals surface area contributed by atoms with Gasteiger partial charge in [-0.25, -0.2) is 0 Å². The van der Waals surface area contributed by atoms with Gasteiger partial charge >= 0.3 is 0 Å². The molecule has 4 N–H and O–H groups in total. The van der Waals surface area contributed by atoms with Crippen LogP contribution in [0.4, 0.5) is 5.69 Å². The van der Waals surface area contributed by atoms with Crippen LogP contribution in [0.3, 0.4) is 0 Å². The number of rotatable bonds is 4. The minimum absolute atomic E-state index is 0.0979. The van der Waals surface area contributed by atoms with E-state index in [2.05, 4.69) is 10.3 Å².